The lowest BCUT2D eigenvalue weighted by Gasteiger charge is -2.20. The number of nitrogens with zero attached hydrogens (tertiary/aromatic N) is 2. The summed E-state index contributed by atoms with van der Waals surface area (Å²) >= 11 is 0. The van der Waals surface area contributed by atoms with Crippen LogP contribution in [0.25, 0.3) is 0 Å². The Hall–Kier alpha value is -2.09. The summed E-state index contributed by atoms with van der Waals surface area (Å²) in [5, 5.41) is 20.7. The van der Waals surface area contributed by atoms with Crippen LogP contribution in [0.1, 0.15) is 19.4 Å². The van der Waals surface area contributed by atoms with Crippen molar-refractivity contribution >= 4 is 11.7 Å². The van der Waals surface area contributed by atoms with E-state index in [9.17, 15) is 4.79 Å². The average Bonchev–Trinajstić information content (AvgIpc) is 2.26. The van der Waals surface area contributed by atoms with Gasteiger partial charge in [-0.2, -0.15) is 5.26 Å². The molecule has 0 fully saturated rings. The quantitative estimate of drug-likeness (QED) is 0.800. The summed E-state index contributed by atoms with van der Waals surface area (Å²) in [7, 11) is 0. The molecule has 0 saturated carbocycles. The lowest BCUT2D eigenvalue weighted by molar-refractivity contribution is -0.146. The maximum absolute atomic E-state index is 10.9. The van der Waals surface area contributed by atoms with E-state index in [-0.39, 0.29) is 6.54 Å². The molecule has 5 heteroatoms. The lowest BCUT2D eigenvalue weighted by Crippen LogP contribution is -2.31. The molecule has 0 unspecified atom stereocenters. The molecular formula is C11H13N3O2. The molecule has 0 aromatic carbocycles. The van der Waals surface area contributed by atoms with E-state index in [4.69, 9.17) is 10.4 Å². The smallest absolute Gasteiger partial charge is 0.310 e. The number of anilines is 1. The van der Waals surface area contributed by atoms with Gasteiger partial charge in [0.1, 0.15) is 6.07 Å². The zero-order valence-corrected chi connectivity index (χ0v) is 9.19. The maximum atomic E-state index is 10.9. The minimum atomic E-state index is -0.887. The Bertz CT molecular complexity index is 435. The van der Waals surface area contributed by atoms with Crippen molar-refractivity contribution in [3.63, 3.8) is 0 Å². The maximum Gasteiger partial charge on any atom is 0.310 e. The highest BCUT2D eigenvalue weighted by Crippen LogP contribution is 2.18. The van der Waals surface area contributed by atoms with Crippen LogP contribution >= 0.6 is 0 Å². The SMILES string of the molecule is CC(C)(CNc1cnccc1C#N)C(=O)O. The van der Waals surface area contributed by atoms with Crippen LogP contribution in [0.5, 0.6) is 0 Å². The van der Waals surface area contributed by atoms with Crippen molar-refractivity contribution in [1.29, 1.82) is 5.26 Å². The van der Waals surface area contributed by atoms with E-state index in [0.717, 1.165) is 0 Å². The van der Waals surface area contributed by atoms with Crippen molar-refractivity contribution in [1.82, 2.24) is 4.98 Å². The number of carboxylic acids is 1. The number of pyridine rings is 1. The van der Waals surface area contributed by atoms with Gasteiger partial charge in [-0.05, 0) is 19.9 Å². The molecule has 0 amide bonds. The largest absolute Gasteiger partial charge is 0.481 e. The molecule has 1 rings (SSSR count). The zero-order valence-electron chi connectivity index (χ0n) is 9.19. The molecule has 0 bridgehead atoms. The fraction of sp³-hybridized carbons (Fsp3) is 0.364. The molecule has 1 aromatic rings. The number of carbonyl (C=O) groups is 1. The van der Waals surface area contributed by atoms with E-state index in [0.29, 0.717) is 11.3 Å². The van der Waals surface area contributed by atoms with E-state index in [1.54, 1.807) is 19.9 Å². The fourth-order valence-electron chi connectivity index (χ4n) is 1.02. The number of aliphatic carboxylic acids is 1. The van der Waals surface area contributed by atoms with Gasteiger partial charge in [0, 0.05) is 12.7 Å². The van der Waals surface area contributed by atoms with Gasteiger partial charge in [0.25, 0.3) is 0 Å². The predicted molar refractivity (Wildman–Crippen MR) is 58.9 cm³/mol. The van der Waals surface area contributed by atoms with Crippen LogP contribution in [0.3, 0.4) is 0 Å². The fourth-order valence-corrected chi connectivity index (χ4v) is 1.02. The summed E-state index contributed by atoms with van der Waals surface area (Å²) < 4.78 is 0. The Labute approximate surface area is 93.7 Å². The predicted octanol–water partition coefficient (Wildman–Crippen LogP) is 1.48. The molecule has 1 heterocycles. The van der Waals surface area contributed by atoms with Crippen LogP contribution in [0.4, 0.5) is 5.69 Å². The first-order valence-corrected chi connectivity index (χ1v) is 4.79. The number of rotatable bonds is 4. The Morgan fingerprint density at radius 3 is 2.94 bits per heavy atom. The first kappa shape index (κ1) is 12.0. The Balaban J connectivity index is 2.76. The van der Waals surface area contributed by atoms with Crippen LogP contribution in [-0.2, 0) is 4.79 Å². The third-order valence-corrected chi connectivity index (χ3v) is 2.24. The van der Waals surface area contributed by atoms with E-state index in [2.05, 4.69) is 10.3 Å². The minimum Gasteiger partial charge on any atom is -0.481 e. The zero-order chi connectivity index (χ0) is 12.2. The first-order chi connectivity index (χ1) is 7.47. The van der Waals surface area contributed by atoms with Crippen molar-refractivity contribution in [3.8, 4) is 6.07 Å². The van der Waals surface area contributed by atoms with Crippen molar-refractivity contribution in [2.45, 2.75) is 13.8 Å². The molecule has 0 spiro atoms. The van der Waals surface area contributed by atoms with Crippen LogP contribution in [-0.4, -0.2) is 22.6 Å². The molecule has 16 heavy (non-hydrogen) atoms. The molecule has 84 valence electrons. The van der Waals surface area contributed by atoms with Crippen LogP contribution < -0.4 is 5.32 Å². The summed E-state index contributed by atoms with van der Waals surface area (Å²) in [5.74, 6) is -0.887. The summed E-state index contributed by atoms with van der Waals surface area (Å²) in [6.07, 6.45) is 3.03. The topological polar surface area (TPSA) is 86.0 Å². The molecule has 0 aliphatic rings. The van der Waals surface area contributed by atoms with Crippen LogP contribution in [0.15, 0.2) is 18.5 Å². The molecule has 2 N–H and O–H groups in total. The van der Waals surface area contributed by atoms with Gasteiger partial charge in [0.2, 0.25) is 0 Å². The Kier molecular flexibility index (Phi) is 3.46. The van der Waals surface area contributed by atoms with Crippen molar-refractivity contribution < 1.29 is 9.90 Å². The molecular weight excluding hydrogens is 206 g/mol. The van der Waals surface area contributed by atoms with E-state index in [1.807, 2.05) is 6.07 Å². The van der Waals surface area contributed by atoms with Gasteiger partial charge in [-0.3, -0.25) is 9.78 Å². The van der Waals surface area contributed by atoms with Crippen LogP contribution in [0, 0.1) is 16.7 Å². The number of nitriles is 1. The Morgan fingerprint density at radius 2 is 2.38 bits per heavy atom. The molecule has 0 aliphatic carbocycles. The third-order valence-electron chi connectivity index (χ3n) is 2.24. The molecule has 0 aliphatic heterocycles. The summed E-state index contributed by atoms with van der Waals surface area (Å²) in [6, 6.07) is 3.59. The van der Waals surface area contributed by atoms with E-state index in [1.165, 1.54) is 12.4 Å². The molecule has 0 saturated heterocycles. The van der Waals surface area contributed by atoms with Gasteiger partial charge in [0.05, 0.1) is 22.9 Å². The monoisotopic (exact) mass is 219 g/mol. The van der Waals surface area contributed by atoms with Gasteiger partial charge in [-0.1, -0.05) is 0 Å². The number of carboxylic acid groups (broad SMARTS) is 1. The summed E-state index contributed by atoms with van der Waals surface area (Å²) in [6.45, 7) is 3.47. The second-order valence-electron chi connectivity index (χ2n) is 4.08. The van der Waals surface area contributed by atoms with Gasteiger partial charge in [0.15, 0.2) is 0 Å². The van der Waals surface area contributed by atoms with Crippen molar-refractivity contribution in [2.24, 2.45) is 5.41 Å². The lowest BCUT2D eigenvalue weighted by atomic mass is 9.94. The minimum absolute atomic E-state index is 0.239. The molecule has 1 aromatic heterocycles. The molecule has 5 nitrogen and oxygen atoms in total. The second kappa shape index (κ2) is 4.62. The third kappa shape index (κ3) is 2.70. The van der Waals surface area contributed by atoms with Gasteiger partial charge < -0.3 is 10.4 Å². The molecule has 0 radical (unpaired) electrons. The van der Waals surface area contributed by atoms with E-state index < -0.39 is 11.4 Å². The number of hydrogen-bond donors (Lipinski definition) is 2. The van der Waals surface area contributed by atoms with Crippen molar-refractivity contribution in [2.75, 3.05) is 11.9 Å². The standard InChI is InChI=1S/C11H13N3O2/c1-11(2,10(15)16)7-14-9-6-13-4-3-8(9)5-12/h3-4,6,14H,7H2,1-2H3,(H,15,16). The van der Waals surface area contributed by atoms with Gasteiger partial charge >= 0.3 is 5.97 Å². The number of hydrogen-bond acceptors (Lipinski definition) is 4. The van der Waals surface area contributed by atoms with Crippen LogP contribution in [0.2, 0.25) is 0 Å². The first-order valence-electron chi connectivity index (χ1n) is 4.79. The highest BCUT2D eigenvalue weighted by atomic mass is 16.4. The normalized spacial score (nSPS) is 10.6. The summed E-state index contributed by atoms with van der Waals surface area (Å²) in [4.78, 5) is 14.8. The van der Waals surface area contributed by atoms with Crippen molar-refractivity contribution in [3.05, 3.63) is 24.0 Å². The van der Waals surface area contributed by atoms with E-state index >= 15 is 0 Å². The Morgan fingerprint density at radius 1 is 1.69 bits per heavy atom. The second-order valence-corrected chi connectivity index (χ2v) is 4.08. The highest BCUT2D eigenvalue weighted by molar-refractivity contribution is 5.74. The number of aromatic nitrogens is 1. The van der Waals surface area contributed by atoms with Gasteiger partial charge in [-0.25, -0.2) is 0 Å². The summed E-state index contributed by atoms with van der Waals surface area (Å²) in [5.41, 5.74) is 0.123. The number of nitrogens with one attached hydrogen (secondary N) is 1. The molecule has 0 atom stereocenters. The average molecular weight is 219 g/mol. The highest BCUT2D eigenvalue weighted by Gasteiger charge is 2.26. The van der Waals surface area contributed by atoms with Gasteiger partial charge in [-0.15, -0.1) is 0 Å².